The van der Waals surface area contributed by atoms with Crippen LogP contribution in [0.25, 0.3) is 10.9 Å². The lowest BCUT2D eigenvalue weighted by molar-refractivity contribution is -0.113. The van der Waals surface area contributed by atoms with Gasteiger partial charge >= 0.3 is 0 Å². The summed E-state index contributed by atoms with van der Waals surface area (Å²) in [5.41, 5.74) is 2.39. The molecule has 1 heterocycles. The van der Waals surface area contributed by atoms with Gasteiger partial charge in [0.1, 0.15) is 0 Å². The molecule has 0 spiro atoms. The number of aryl methyl sites for hydroxylation is 1. The van der Waals surface area contributed by atoms with Crippen molar-refractivity contribution < 1.29 is 4.79 Å². The Bertz CT molecular complexity index is 1130. The quantitative estimate of drug-likeness (QED) is 0.381. The second-order valence-electron chi connectivity index (χ2n) is 8.45. The van der Waals surface area contributed by atoms with E-state index in [2.05, 4.69) is 37.9 Å². The average molecular weight is 453 g/mol. The molecule has 6 nitrogen and oxygen atoms in total. The molecule has 0 radical (unpaired) electrons. The van der Waals surface area contributed by atoms with Crippen molar-refractivity contribution in [3.05, 3.63) is 64.4 Å². The lowest BCUT2D eigenvalue weighted by atomic mass is 10.2. The van der Waals surface area contributed by atoms with Crippen LogP contribution in [-0.2, 0) is 11.3 Å². The third-order valence-electron chi connectivity index (χ3n) is 5.49. The zero-order valence-corrected chi connectivity index (χ0v) is 20.3. The van der Waals surface area contributed by atoms with Gasteiger partial charge in [-0.05, 0) is 58.4 Å². The van der Waals surface area contributed by atoms with Gasteiger partial charge in [0.05, 0.1) is 16.7 Å². The number of carbonyl (C=O) groups is 1. The fraction of sp³-hybridized carbons (Fsp3) is 0.400. The summed E-state index contributed by atoms with van der Waals surface area (Å²) in [6.07, 6.45) is 0. The first kappa shape index (κ1) is 24.0. The van der Waals surface area contributed by atoms with Crippen molar-refractivity contribution in [2.75, 3.05) is 17.6 Å². The molecule has 0 aliphatic rings. The monoisotopic (exact) mass is 452 g/mol. The topological polar surface area (TPSA) is 67.2 Å². The minimum Gasteiger partial charge on any atom is -0.325 e. The Hall–Kier alpha value is -2.64. The lowest BCUT2D eigenvalue weighted by Gasteiger charge is -2.30. The van der Waals surface area contributed by atoms with Gasteiger partial charge in [-0.1, -0.05) is 42.1 Å². The molecule has 0 aliphatic heterocycles. The third-order valence-corrected chi connectivity index (χ3v) is 6.46. The van der Waals surface area contributed by atoms with Crippen LogP contribution in [0, 0.1) is 6.92 Å². The van der Waals surface area contributed by atoms with E-state index < -0.39 is 0 Å². The summed E-state index contributed by atoms with van der Waals surface area (Å²) < 4.78 is 1.71. The van der Waals surface area contributed by atoms with E-state index >= 15 is 0 Å². The molecular weight excluding hydrogens is 420 g/mol. The Balaban J connectivity index is 1.84. The molecule has 0 atom stereocenters. The molecule has 32 heavy (non-hydrogen) atoms. The minimum atomic E-state index is -0.121. The molecule has 7 heteroatoms. The first-order valence-electron chi connectivity index (χ1n) is 11.0. The molecule has 3 aromatic rings. The SMILES string of the molecule is Cc1ccccc1NC(=O)CSc1nc2ccccc2c(=O)n1CCN(C(C)C)C(C)C. The van der Waals surface area contributed by atoms with Gasteiger partial charge in [0, 0.05) is 30.9 Å². The van der Waals surface area contributed by atoms with Gasteiger partial charge in [0.25, 0.3) is 5.56 Å². The number of aromatic nitrogens is 2. The van der Waals surface area contributed by atoms with Crippen molar-refractivity contribution in [1.82, 2.24) is 14.5 Å². The highest BCUT2D eigenvalue weighted by Gasteiger charge is 2.17. The third kappa shape index (κ3) is 5.78. The predicted octanol–water partition coefficient (Wildman–Crippen LogP) is 4.55. The van der Waals surface area contributed by atoms with Crippen LogP contribution in [0.4, 0.5) is 5.69 Å². The highest BCUT2D eigenvalue weighted by atomic mass is 32.2. The van der Waals surface area contributed by atoms with E-state index in [0.717, 1.165) is 17.8 Å². The number of anilines is 1. The van der Waals surface area contributed by atoms with Crippen LogP contribution >= 0.6 is 11.8 Å². The molecule has 2 aromatic carbocycles. The zero-order valence-electron chi connectivity index (χ0n) is 19.5. The number of amides is 1. The van der Waals surface area contributed by atoms with Crippen LogP contribution in [0.1, 0.15) is 33.3 Å². The molecule has 0 saturated heterocycles. The van der Waals surface area contributed by atoms with Gasteiger partial charge in [-0.15, -0.1) is 0 Å². The van der Waals surface area contributed by atoms with Crippen LogP contribution in [0.15, 0.2) is 58.5 Å². The largest absolute Gasteiger partial charge is 0.325 e. The number of thioether (sulfide) groups is 1. The molecule has 0 fully saturated rings. The minimum absolute atomic E-state index is 0.0649. The Morgan fingerprint density at radius 2 is 1.72 bits per heavy atom. The predicted molar refractivity (Wildman–Crippen MR) is 134 cm³/mol. The first-order valence-corrected chi connectivity index (χ1v) is 12.0. The van der Waals surface area contributed by atoms with Gasteiger partial charge < -0.3 is 5.32 Å². The zero-order chi connectivity index (χ0) is 23.3. The molecule has 3 rings (SSSR count). The molecule has 0 unspecified atom stereocenters. The van der Waals surface area contributed by atoms with Gasteiger partial charge in [0.2, 0.25) is 5.91 Å². The standard InChI is InChI=1S/C25H32N4O2S/c1-17(2)28(18(3)4)14-15-29-24(31)20-11-7-9-13-22(20)27-25(29)32-16-23(30)26-21-12-8-6-10-19(21)5/h6-13,17-18H,14-16H2,1-5H3,(H,26,30). The summed E-state index contributed by atoms with van der Waals surface area (Å²) in [6, 6.07) is 15.8. The van der Waals surface area contributed by atoms with Crippen LogP contribution in [0.3, 0.4) is 0 Å². The Morgan fingerprint density at radius 1 is 1.06 bits per heavy atom. The van der Waals surface area contributed by atoms with E-state index in [1.165, 1.54) is 11.8 Å². The number of fused-ring (bicyclic) bond motifs is 1. The highest BCUT2D eigenvalue weighted by Crippen LogP contribution is 2.20. The molecule has 0 bridgehead atoms. The van der Waals surface area contributed by atoms with Gasteiger partial charge in [-0.25, -0.2) is 4.98 Å². The van der Waals surface area contributed by atoms with E-state index in [1.54, 1.807) is 4.57 Å². The van der Waals surface area contributed by atoms with Crippen molar-refractivity contribution >= 4 is 34.3 Å². The average Bonchev–Trinajstić information content (AvgIpc) is 2.75. The number of rotatable bonds is 9. The van der Waals surface area contributed by atoms with Crippen LogP contribution in [0.5, 0.6) is 0 Å². The number of nitrogens with zero attached hydrogens (tertiary/aromatic N) is 3. The smallest absolute Gasteiger partial charge is 0.262 e. The van der Waals surface area contributed by atoms with Gasteiger partial charge in [-0.3, -0.25) is 19.1 Å². The molecular formula is C25H32N4O2S. The summed E-state index contributed by atoms with van der Waals surface area (Å²) in [5, 5.41) is 4.12. The van der Waals surface area contributed by atoms with Crippen molar-refractivity contribution in [3.63, 3.8) is 0 Å². The normalized spacial score (nSPS) is 11.6. The maximum absolute atomic E-state index is 13.3. The van der Waals surface area contributed by atoms with E-state index in [0.29, 0.717) is 34.7 Å². The van der Waals surface area contributed by atoms with Crippen LogP contribution < -0.4 is 10.9 Å². The van der Waals surface area contributed by atoms with Crippen molar-refractivity contribution in [1.29, 1.82) is 0 Å². The lowest BCUT2D eigenvalue weighted by Crippen LogP contribution is -2.40. The Labute approximate surface area is 194 Å². The number of nitrogens with one attached hydrogen (secondary N) is 1. The summed E-state index contributed by atoms with van der Waals surface area (Å²) in [4.78, 5) is 32.9. The molecule has 1 amide bonds. The summed E-state index contributed by atoms with van der Waals surface area (Å²) in [6.45, 7) is 11.9. The van der Waals surface area contributed by atoms with E-state index in [4.69, 9.17) is 4.98 Å². The number of carbonyl (C=O) groups excluding carboxylic acids is 1. The summed E-state index contributed by atoms with van der Waals surface area (Å²) in [7, 11) is 0. The fourth-order valence-electron chi connectivity index (χ4n) is 3.81. The van der Waals surface area contributed by atoms with Crippen LogP contribution in [0.2, 0.25) is 0 Å². The molecule has 1 N–H and O–H groups in total. The Morgan fingerprint density at radius 3 is 2.41 bits per heavy atom. The maximum Gasteiger partial charge on any atom is 0.262 e. The van der Waals surface area contributed by atoms with Crippen molar-refractivity contribution in [2.45, 2.75) is 58.4 Å². The molecule has 0 saturated carbocycles. The highest BCUT2D eigenvalue weighted by molar-refractivity contribution is 7.99. The summed E-state index contributed by atoms with van der Waals surface area (Å²) in [5.74, 6) is 0.0567. The molecule has 170 valence electrons. The number of hydrogen-bond donors (Lipinski definition) is 1. The number of benzene rings is 2. The second-order valence-corrected chi connectivity index (χ2v) is 9.39. The van der Waals surface area contributed by atoms with Gasteiger partial charge in [-0.2, -0.15) is 0 Å². The van der Waals surface area contributed by atoms with Crippen molar-refractivity contribution in [3.8, 4) is 0 Å². The molecule has 1 aromatic heterocycles. The van der Waals surface area contributed by atoms with E-state index in [1.807, 2.05) is 55.5 Å². The summed E-state index contributed by atoms with van der Waals surface area (Å²) >= 11 is 1.30. The Kier molecular flexibility index (Phi) is 8.10. The first-order chi connectivity index (χ1) is 15.3. The van der Waals surface area contributed by atoms with E-state index in [9.17, 15) is 9.59 Å². The number of para-hydroxylation sites is 2. The van der Waals surface area contributed by atoms with Crippen LogP contribution in [-0.4, -0.2) is 44.7 Å². The van der Waals surface area contributed by atoms with Gasteiger partial charge in [0.15, 0.2) is 5.16 Å². The van der Waals surface area contributed by atoms with Crippen molar-refractivity contribution in [2.24, 2.45) is 0 Å². The maximum atomic E-state index is 13.3. The molecule has 0 aliphatic carbocycles. The van der Waals surface area contributed by atoms with E-state index in [-0.39, 0.29) is 17.2 Å². The second kappa shape index (κ2) is 10.8. The fourth-order valence-corrected chi connectivity index (χ4v) is 4.64. The number of hydrogen-bond acceptors (Lipinski definition) is 5.